The molecular formula is C19H30O2. The first-order chi connectivity index (χ1) is 9.93. The zero-order chi connectivity index (χ0) is 14.6. The van der Waals surface area contributed by atoms with Crippen molar-refractivity contribution in [3.8, 4) is 0 Å². The molecule has 0 aliphatic heterocycles. The van der Waals surface area contributed by atoms with Crippen LogP contribution < -0.4 is 0 Å². The van der Waals surface area contributed by atoms with Gasteiger partial charge in [-0.1, -0.05) is 13.8 Å². The molecule has 0 bridgehead atoms. The lowest BCUT2D eigenvalue weighted by atomic mass is 9.46. The van der Waals surface area contributed by atoms with Crippen LogP contribution in [0.3, 0.4) is 0 Å². The smallest absolute Gasteiger partial charge is 0.0607 e. The summed E-state index contributed by atoms with van der Waals surface area (Å²) in [6.45, 7) is 4.85. The van der Waals surface area contributed by atoms with Gasteiger partial charge in [-0.15, -0.1) is 0 Å². The van der Waals surface area contributed by atoms with Crippen LogP contribution in [0.4, 0.5) is 0 Å². The largest absolute Gasteiger partial charge is 0.393 e. The van der Waals surface area contributed by atoms with Crippen molar-refractivity contribution in [1.29, 1.82) is 0 Å². The molecule has 0 radical (unpaired) electrons. The maximum Gasteiger partial charge on any atom is 0.0607 e. The van der Waals surface area contributed by atoms with Gasteiger partial charge in [0.25, 0.3) is 0 Å². The lowest BCUT2D eigenvalue weighted by Crippen LogP contribution is -2.56. The van der Waals surface area contributed by atoms with Crippen LogP contribution in [-0.4, -0.2) is 22.4 Å². The van der Waals surface area contributed by atoms with Gasteiger partial charge >= 0.3 is 0 Å². The Kier molecular flexibility index (Phi) is 2.35. The van der Waals surface area contributed by atoms with E-state index in [4.69, 9.17) is 0 Å². The Morgan fingerprint density at radius 2 is 1.67 bits per heavy atom. The summed E-state index contributed by atoms with van der Waals surface area (Å²) in [5.74, 6) is 2.98. The van der Waals surface area contributed by atoms with Crippen LogP contribution in [-0.2, 0) is 0 Å². The average molecular weight is 290 g/mol. The molecule has 9 atom stereocenters. The molecule has 5 aliphatic rings. The quantitative estimate of drug-likeness (QED) is 0.718. The second-order valence-corrected chi connectivity index (χ2v) is 9.66. The fraction of sp³-hybridized carbons (Fsp3) is 1.00. The molecule has 0 saturated heterocycles. The summed E-state index contributed by atoms with van der Waals surface area (Å²) in [4.78, 5) is 0. The SMILES string of the molecule is C[C@]12CC[C@H]3[C@@H](C[C@H](O)[C@]45C[C@@H]4CC[C@]35C)[C@@H]1CC[C@H]2O. The third-order valence-electron chi connectivity index (χ3n) is 9.52. The van der Waals surface area contributed by atoms with E-state index < -0.39 is 0 Å². The average Bonchev–Trinajstić information content (AvgIpc) is 3.01. The van der Waals surface area contributed by atoms with Crippen molar-refractivity contribution in [2.24, 2.45) is 39.9 Å². The molecule has 0 aromatic rings. The molecule has 118 valence electrons. The van der Waals surface area contributed by atoms with Crippen LogP contribution in [0.2, 0.25) is 0 Å². The number of fused-ring (bicyclic) bond motifs is 4. The Morgan fingerprint density at radius 3 is 2.43 bits per heavy atom. The Bertz CT molecular complexity index is 490. The summed E-state index contributed by atoms with van der Waals surface area (Å²) < 4.78 is 0. The molecule has 5 fully saturated rings. The zero-order valence-electron chi connectivity index (χ0n) is 13.5. The van der Waals surface area contributed by atoms with Crippen LogP contribution in [0.25, 0.3) is 0 Å². The van der Waals surface area contributed by atoms with Crippen molar-refractivity contribution in [1.82, 2.24) is 0 Å². The normalized spacial score (nSPS) is 68.0. The highest BCUT2D eigenvalue weighted by molar-refractivity contribution is 5.25. The second-order valence-electron chi connectivity index (χ2n) is 9.66. The first-order valence-electron chi connectivity index (χ1n) is 9.29. The van der Waals surface area contributed by atoms with Gasteiger partial charge in [-0.2, -0.15) is 0 Å². The minimum atomic E-state index is -0.0958. The third-order valence-corrected chi connectivity index (χ3v) is 9.52. The highest BCUT2D eigenvalue weighted by Gasteiger charge is 2.77. The molecular weight excluding hydrogens is 260 g/mol. The van der Waals surface area contributed by atoms with Gasteiger partial charge in [0.15, 0.2) is 0 Å². The minimum Gasteiger partial charge on any atom is -0.393 e. The molecule has 2 nitrogen and oxygen atoms in total. The molecule has 0 unspecified atom stereocenters. The minimum absolute atomic E-state index is 0.0589. The van der Waals surface area contributed by atoms with E-state index in [9.17, 15) is 10.2 Å². The Labute approximate surface area is 128 Å². The van der Waals surface area contributed by atoms with E-state index in [1.54, 1.807) is 0 Å². The van der Waals surface area contributed by atoms with Crippen LogP contribution in [0.1, 0.15) is 65.2 Å². The van der Waals surface area contributed by atoms with E-state index in [0.717, 1.165) is 24.7 Å². The fourth-order valence-corrected chi connectivity index (χ4v) is 8.28. The van der Waals surface area contributed by atoms with Crippen LogP contribution in [0.15, 0.2) is 0 Å². The van der Waals surface area contributed by atoms with Crippen molar-refractivity contribution < 1.29 is 10.2 Å². The summed E-state index contributed by atoms with van der Waals surface area (Å²) in [6.07, 6.45) is 9.59. The number of aliphatic hydroxyl groups is 2. The van der Waals surface area contributed by atoms with Gasteiger partial charge in [0.05, 0.1) is 12.2 Å². The van der Waals surface area contributed by atoms with Gasteiger partial charge in [-0.05, 0) is 85.9 Å². The zero-order valence-corrected chi connectivity index (χ0v) is 13.5. The molecule has 0 aromatic heterocycles. The number of rotatable bonds is 0. The topological polar surface area (TPSA) is 40.5 Å². The van der Waals surface area contributed by atoms with Gasteiger partial charge in [0, 0.05) is 5.41 Å². The maximum absolute atomic E-state index is 11.0. The molecule has 21 heavy (non-hydrogen) atoms. The Balaban J connectivity index is 1.55. The van der Waals surface area contributed by atoms with Crippen LogP contribution >= 0.6 is 0 Å². The summed E-state index contributed by atoms with van der Waals surface area (Å²) in [5.41, 5.74) is 0.845. The predicted octanol–water partition coefficient (Wildman–Crippen LogP) is 3.36. The first-order valence-corrected chi connectivity index (χ1v) is 9.29. The van der Waals surface area contributed by atoms with E-state index in [1.807, 2.05) is 0 Å². The molecule has 2 heteroatoms. The van der Waals surface area contributed by atoms with E-state index in [-0.39, 0.29) is 17.6 Å². The molecule has 0 aromatic carbocycles. The van der Waals surface area contributed by atoms with Crippen molar-refractivity contribution >= 4 is 0 Å². The first kappa shape index (κ1) is 13.4. The Hall–Kier alpha value is -0.0800. The molecule has 0 amide bonds. The molecule has 1 spiro atoms. The standard InChI is InChI=1S/C19H30O2/c1-17-7-6-14-12(13(17)3-4-15(17)20)9-16(21)19-10-11(19)5-8-18(14,19)2/h11-16,20-21H,3-10H2,1-2H3/t11-,12-,13-,14-,15+,16-,17-,18+,19-/m0/s1. The van der Waals surface area contributed by atoms with Gasteiger partial charge < -0.3 is 10.2 Å². The molecule has 5 saturated carbocycles. The van der Waals surface area contributed by atoms with Gasteiger partial charge in [0.1, 0.15) is 0 Å². The third kappa shape index (κ3) is 1.27. The van der Waals surface area contributed by atoms with Crippen molar-refractivity contribution in [2.45, 2.75) is 77.4 Å². The highest BCUT2D eigenvalue weighted by atomic mass is 16.3. The maximum atomic E-state index is 11.0. The monoisotopic (exact) mass is 290 g/mol. The predicted molar refractivity (Wildman–Crippen MR) is 81.6 cm³/mol. The summed E-state index contributed by atoms with van der Waals surface area (Å²) in [5, 5.41) is 21.5. The molecule has 5 rings (SSSR count). The van der Waals surface area contributed by atoms with Gasteiger partial charge in [-0.25, -0.2) is 0 Å². The van der Waals surface area contributed by atoms with Crippen molar-refractivity contribution in [2.75, 3.05) is 0 Å². The van der Waals surface area contributed by atoms with Crippen LogP contribution in [0.5, 0.6) is 0 Å². The van der Waals surface area contributed by atoms with Gasteiger partial charge in [0.2, 0.25) is 0 Å². The molecule has 5 aliphatic carbocycles. The number of hydrogen-bond acceptors (Lipinski definition) is 2. The fourth-order valence-electron chi connectivity index (χ4n) is 8.28. The second kappa shape index (κ2) is 3.70. The van der Waals surface area contributed by atoms with E-state index >= 15 is 0 Å². The lowest BCUT2D eigenvalue weighted by molar-refractivity contribution is -0.155. The molecule has 2 N–H and O–H groups in total. The Morgan fingerprint density at radius 1 is 0.857 bits per heavy atom. The van der Waals surface area contributed by atoms with Crippen molar-refractivity contribution in [3.63, 3.8) is 0 Å². The van der Waals surface area contributed by atoms with E-state index in [1.165, 1.54) is 38.5 Å². The summed E-state index contributed by atoms with van der Waals surface area (Å²) >= 11 is 0. The van der Waals surface area contributed by atoms with E-state index in [2.05, 4.69) is 13.8 Å². The lowest BCUT2D eigenvalue weighted by Gasteiger charge is -2.59. The summed E-state index contributed by atoms with van der Waals surface area (Å²) in [7, 11) is 0. The van der Waals surface area contributed by atoms with Crippen molar-refractivity contribution in [3.05, 3.63) is 0 Å². The number of hydrogen-bond donors (Lipinski definition) is 2. The van der Waals surface area contributed by atoms with Gasteiger partial charge in [-0.3, -0.25) is 0 Å². The van der Waals surface area contributed by atoms with Crippen LogP contribution in [0, 0.1) is 39.9 Å². The molecule has 0 heterocycles. The number of aliphatic hydroxyl groups excluding tert-OH is 2. The highest BCUT2D eigenvalue weighted by Crippen LogP contribution is 2.81. The van der Waals surface area contributed by atoms with E-state index in [0.29, 0.717) is 22.7 Å². The summed E-state index contributed by atoms with van der Waals surface area (Å²) in [6, 6.07) is 0.